The highest BCUT2D eigenvalue weighted by atomic mass is 32.2. The topological polar surface area (TPSA) is 38.3 Å². The third-order valence-corrected chi connectivity index (χ3v) is 3.63. The van der Waals surface area contributed by atoms with E-state index in [-0.39, 0.29) is 5.91 Å². The number of amides is 1. The predicted octanol–water partition coefficient (Wildman–Crippen LogP) is 3.62. The molecule has 1 N–H and O–H groups in total. The zero-order valence-corrected chi connectivity index (χ0v) is 12.6. The van der Waals surface area contributed by atoms with Crippen molar-refractivity contribution in [2.45, 2.75) is 11.4 Å². The molecule has 3 nitrogen and oxygen atoms in total. The lowest BCUT2D eigenvalue weighted by molar-refractivity contribution is -0.116. The van der Waals surface area contributed by atoms with E-state index < -0.39 is 0 Å². The van der Waals surface area contributed by atoms with Crippen LogP contribution in [0.25, 0.3) is 0 Å². The van der Waals surface area contributed by atoms with Crippen LogP contribution in [0.4, 0.5) is 0 Å². The van der Waals surface area contributed by atoms with Crippen molar-refractivity contribution in [3.63, 3.8) is 0 Å². The van der Waals surface area contributed by atoms with Crippen molar-refractivity contribution >= 4 is 17.7 Å². The molecule has 0 aliphatic rings. The van der Waals surface area contributed by atoms with Crippen LogP contribution in [-0.4, -0.2) is 13.0 Å². The Balaban J connectivity index is 1.82. The molecule has 0 fully saturated rings. The van der Waals surface area contributed by atoms with Crippen LogP contribution in [0.2, 0.25) is 0 Å². The van der Waals surface area contributed by atoms with Crippen LogP contribution in [0.5, 0.6) is 5.75 Å². The van der Waals surface area contributed by atoms with Crippen molar-refractivity contribution in [3.05, 3.63) is 71.6 Å². The molecule has 4 heteroatoms. The van der Waals surface area contributed by atoms with Gasteiger partial charge in [-0.05, 0) is 23.6 Å². The third-order valence-electron chi connectivity index (χ3n) is 2.81. The Morgan fingerprint density at radius 1 is 1.14 bits per heavy atom. The molecular formula is C17H17NO2S. The summed E-state index contributed by atoms with van der Waals surface area (Å²) in [6.07, 6.45) is 1.53. The van der Waals surface area contributed by atoms with Crippen LogP contribution in [0, 0.1) is 0 Å². The molecule has 2 aromatic rings. The fourth-order valence-electron chi connectivity index (χ4n) is 1.76. The van der Waals surface area contributed by atoms with Crippen LogP contribution in [0.1, 0.15) is 5.56 Å². The summed E-state index contributed by atoms with van der Waals surface area (Å²) >= 11 is 1.51. The molecule has 0 aromatic heterocycles. The second-order valence-electron chi connectivity index (χ2n) is 4.26. The van der Waals surface area contributed by atoms with E-state index in [0.29, 0.717) is 6.54 Å². The van der Waals surface area contributed by atoms with Gasteiger partial charge in [0.1, 0.15) is 5.75 Å². The molecule has 108 valence electrons. The minimum Gasteiger partial charge on any atom is -0.496 e. The number of para-hydroxylation sites is 1. The minimum atomic E-state index is -0.121. The van der Waals surface area contributed by atoms with Gasteiger partial charge in [-0.2, -0.15) is 0 Å². The molecule has 0 radical (unpaired) electrons. The molecule has 0 saturated carbocycles. The van der Waals surface area contributed by atoms with E-state index in [4.69, 9.17) is 4.74 Å². The molecule has 2 rings (SSSR count). The van der Waals surface area contributed by atoms with Gasteiger partial charge in [-0.15, -0.1) is 0 Å². The largest absolute Gasteiger partial charge is 0.496 e. The highest BCUT2D eigenvalue weighted by Crippen LogP contribution is 2.18. The summed E-state index contributed by atoms with van der Waals surface area (Å²) in [5.74, 6) is 0.657. The summed E-state index contributed by atoms with van der Waals surface area (Å²) in [5.41, 5.74) is 0.956. The first-order valence-corrected chi connectivity index (χ1v) is 7.45. The Kier molecular flexibility index (Phi) is 5.91. The Labute approximate surface area is 129 Å². The van der Waals surface area contributed by atoms with E-state index in [0.717, 1.165) is 16.2 Å². The lowest BCUT2D eigenvalue weighted by atomic mass is 10.2. The molecule has 0 saturated heterocycles. The van der Waals surface area contributed by atoms with E-state index in [1.165, 1.54) is 17.8 Å². The molecule has 2 aromatic carbocycles. The van der Waals surface area contributed by atoms with Crippen molar-refractivity contribution in [1.82, 2.24) is 5.32 Å². The lowest BCUT2D eigenvalue weighted by Crippen LogP contribution is -2.20. The average molecular weight is 299 g/mol. The molecule has 1 amide bonds. The Morgan fingerprint density at radius 2 is 1.86 bits per heavy atom. The fraction of sp³-hybridized carbons (Fsp3) is 0.118. The molecule has 0 atom stereocenters. The second-order valence-corrected chi connectivity index (χ2v) is 5.24. The number of rotatable bonds is 6. The van der Waals surface area contributed by atoms with Gasteiger partial charge in [0, 0.05) is 23.1 Å². The Bertz CT molecular complexity index is 611. The first kappa shape index (κ1) is 15.2. The molecule has 0 aliphatic carbocycles. The number of thioether (sulfide) groups is 1. The number of hydrogen-bond donors (Lipinski definition) is 1. The quantitative estimate of drug-likeness (QED) is 0.654. The van der Waals surface area contributed by atoms with Crippen LogP contribution in [-0.2, 0) is 11.3 Å². The summed E-state index contributed by atoms with van der Waals surface area (Å²) in [6.45, 7) is 0.448. The monoisotopic (exact) mass is 299 g/mol. The van der Waals surface area contributed by atoms with Gasteiger partial charge in [0.25, 0.3) is 0 Å². The lowest BCUT2D eigenvalue weighted by Gasteiger charge is -2.08. The van der Waals surface area contributed by atoms with Gasteiger partial charge in [0.15, 0.2) is 0 Å². The standard InChI is InChI=1S/C17H17NO2S/c1-20-16-10-6-5-7-14(16)13-18-17(19)11-12-21-15-8-3-2-4-9-15/h2-12H,13H2,1H3,(H,18,19)/b12-11-. The predicted molar refractivity (Wildman–Crippen MR) is 86.3 cm³/mol. The van der Waals surface area contributed by atoms with Crippen LogP contribution < -0.4 is 10.1 Å². The van der Waals surface area contributed by atoms with Crippen LogP contribution in [0.3, 0.4) is 0 Å². The summed E-state index contributed by atoms with van der Waals surface area (Å²) < 4.78 is 5.24. The van der Waals surface area contributed by atoms with Gasteiger partial charge in [0.2, 0.25) is 5.91 Å². The van der Waals surface area contributed by atoms with Crippen LogP contribution in [0.15, 0.2) is 71.0 Å². The summed E-state index contributed by atoms with van der Waals surface area (Å²) in [5, 5.41) is 4.63. The number of carbonyl (C=O) groups excluding carboxylic acids is 1. The smallest absolute Gasteiger partial charge is 0.244 e. The molecule has 0 spiro atoms. The maximum atomic E-state index is 11.8. The van der Waals surface area contributed by atoms with E-state index in [1.807, 2.05) is 54.6 Å². The number of hydrogen-bond acceptors (Lipinski definition) is 3. The molecule has 0 bridgehead atoms. The van der Waals surface area contributed by atoms with Gasteiger partial charge < -0.3 is 10.1 Å². The summed E-state index contributed by atoms with van der Waals surface area (Å²) in [6, 6.07) is 17.5. The number of benzene rings is 2. The molecule has 0 heterocycles. The van der Waals surface area contributed by atoms with E-state index in [9.17, 15) is 4.79 Å². The highest BCUT2D eigenvalue weighted by molar-refractivity contribution is 8.02. The SMILES string of the molecule is COc1ccccc1CNC(=O)/C=C\Sc1ccccc1. The van der Waals surface area contributed by atoms with Gasteiger partial charge in [-0.3, -0.25) is 4.79 Å². The van der Waals surface area contributed by atoms with Crippen molar-refractivity contribution in [3.8, 4) is 5.75 Å². The van der Waals surface area contributed by atoms with Crippen LogP contribution >= 0.6 is 11.8 Å². The van der Waals surface area contributed by atoms with E-state index in [2.05, 4.69) is 5.32 Å². The molecule has 21 heavy (non-hydrogen) atoms. The second kappa shape index (κ2) is 8.17. The third kappa shape index (κ3) is 5.00. The zero-order chi connectivity index (χ0) is 14.9. The number of methoxy groups -OCH3 is 1. The molecular weight excluding hydrogens is 282 g/mol. The van der Waals surface area contributed by atoms with Crippen molar-refractivity contribution in [2.24, 2.45) is 0 Å². The summed E-state index contributed by atoms with van der Waals surface area (Å²) in [4.78, 5) is 12.9. The fourth-order valence-corrected chi connectivity index (χ4v) is 2.43. The van der Waals surface area contributed by atoms with Crippen molar-refractivity contribution in [2.75, 3.05) is 7.11 Å². The normalized spacial score (nSPS) is 10.5. The Hall–Kier alpha value is -2.20. The highest BCUT2D eigenvalue weighted by Gasteiger charge is 2.02. The first-order chi connectivity index (χ1) is 10.3. The minimum absolute atomic E-state index is 0.121. The van der Waals surface area contributed by atoms with E-state index >= 15 is 0 Å². The number of carbonyl (C=O) groups is 1. The summed E-state index contributed by atoms with van der Waals surface area (Å²) in [7, 11) is 1.62. The van der Waals surface area contributed by atoms with Gasteiger partial charge in [0.05, 0.1) is 7.11 Å². The maximum absolute atomic E-state index is 11.8. The van der Waals surface area contributed by atoms with E-state index in [1.54, 1.807) is 12.5 Å². The Morgan fingerprint density at radius 3 is 2.62 bits per heavy atom. The average Bonchev–Trinajstić information content (AvgIpc) is 2.54. The molecule has 0 unspecified atom stereocenters. The number of nitrogens with one attached hydrogen (secondary N) is 1. The van der Waals surface area contributed by atoms with Gasteiger partial charge in [-0.25, -0.2) is 0 Å². The first-order valence-electron chi connectivity index (χ1n) is 6.57. The van der Waals surface area contributed by atoms with Crippen molar-refractivity contribution in [1.29, 1.82) is 0 Å². The van der Waals surface area contributed by atoms with Gasteiger partial charge in [-0.1, -0.05) is 48.2 Å². The maximum Gasteiger partial charge on any atom is 0.244 e. The van der Waals surface area contributed by atoms with Crippen molar-refractivity contribution < 1.29 is 9.53 Å². The molecule has 0 aliphatic heterocycles. The number of ether oxygens (including phenoxy) is 1. The zero-order valence-electron chi connectivity index (χ0n) is 11.8. The van der Waals surface area contributed by atoms with Gasteiger partial charge >= 0.3 is 0 Å².